The van der Waals surface area contributed by atoms with Gasteiger partial charge in [-0.2, -0.15) is 0 Å². The van der Waals surface area contributed by atoms with Crippen LogP contribution < -0.4 is 15.8 Å². The molecule has 0 amide bonds. The Morgan fingerprint density at radius 3 is 2.71 bits per heavy atom. The number of furan rings is 1. The summed E-state index contributed by atoms with van der Waals surface area (Å²) in [6, 6.07) is 20.2. The number of aliphatic imine (C=N–C) groups is 1. The Labute approximate surface area is 200 Å². The van der Waals surface area contributed by atoms with Gasteiger partial charge in [0.2, 0.25) is 0 Å². The molecule has 0 aliphatic carbocycles. The molecule has 3 aromatic rings. The fraction of sp³-hybridized carbons (Fsp3) is 0.296. The number of rotatable bonds is 12. The molecule has 4 rings (SSSR count). The Morgan fingerprint density at radius 1 is 1.06 bits per heavy atom. The molecular formula is C27H32N4O3. The van der Waals surface area contributed by atoms with E-state index in [1.165, 1.54) is 11.1 Å². The van der Waals surface area contributed by atoms with Crippen molar-refractivity contribution < 1.29 is 14.3 Å². The monoisotopic (exact) mass is 460 g/mol. The summed E-state index contributed by atoms with van der Waals surface area (Å²) in [4.78, 5) is 6.72. The summed E-state index contributed by atoms with van der Waals surface area (Å²) >= 11 is 0. The van der Waals surface area contributed by atoms with Crippen LogP contribution in [0.5, 0.6) is 5.75 Å². The molecule has 1 atom stereocenters. The zero-order chi connectivity index (χ0) is 23.6. The lowest BCUT2D eigenvalue weighted by Crippen LogP contribution is -2.42. The van der Waals surface area contributed by atoms with Crippen LogP contribution in [0.3, 0.4) is 0 Å². The first kappa shape index (κ1) is 23.8. The van der Waals surface area contributed by atoms with Gasteiger partial charge in [0.1, 0.15) is 18.1 Å². The van der Waals surface area contributed by atoms with Crippen molar-refractivity contribution in [3.05, 3.63) is 90.3 Å². The highest BCUT2D eigenvalue weighted by Gasteiger charge is 2.14. The minimum Gasteiger partial charge on any atom is -0.491 e. The zero-order valence-corrected chi connectivity index (χ0v) is 19.3. The highest BCUT2D eigenvalue weighted by molar-refractivity contribution is 5.95. The number of nitrogens with one attached hydrogen (secondary N) is 1. The van der Waals surface area contributed by atoms with E-state index in [1.807, 2.05) is 47.5 Å². The van der Waals surface area contributed by atoms with Gasteiger partial charge in [-0.3, -0.25) is 10.7 Å². The maximum absolute atomic E-state index is 8.82. The minimum absolute atomic E-state index is 0.0162. The number of hydrogen-bond acceptors (Lipinski definition) is 7. The fourth-order valence-electron chi connectivity index (χ4n) is 3.81. The number of benzene rings is 2. The summed E-state index contributed by atoms with van der Waals surface area (Å²) in [7, 11) is 0. The molecule has 2 heterocycles. The largest absolute Gasteiger partial charge is 0.491 e. The van der Waals surface area contributed by atoms with E-state index in [4.69, 9.17) is 20.0 Å². The first-order chi connectivity index (χ1) is 16.7. The molecule has 1 aromatic heterocycles. The van der Waals surface area contributed by atoms with E-state index in [0.717, 1.165) is 55.3 Å². The second-order valence-corrected chi connectivity index (χ2v) is 8.16. The fourth-order valence-corrected chi connectivity index (χ4v) is 3.81. The summed E-state index contributed by atoms with van der Waals surface area (Å²) in [5.74, 6) is 1.65. The van der Waals surface area contributed by atoms with Gasteiger partial charge in [-0.25, -0.2) is 0 Å². The molecule has 0 saturated carbocycles. The Balaban J connectivity index is 1.18. The number of allylic oxidation sites excluding steroid dienone is 1. The van der Waals surface area contributed by atoms with Gasteiger partial charge in [-0.15, -0.1) is 0 Å². The zero-order valence-electron chi connectivity index (χ0n) is 19.3. The summed E-state index contributed by atoms with van der Waals surface area (Å²) < 4.78 is 10.9. The SMILES string of the molecule is NC1N=C(CCc2cccc(-c3ccco3)c2)C=CN1CCNCc1ccc(OCCO)cc1. The third kappa shape index (κ3) is 6.81. The third-order valence-electron chi connectivity index (χ3n) is 5.66. The van der Waals surface area contributed by atoms with Gasteiger partial charge in [0.25, 0.3) is 0 Å². The highest BCUT2D eigenvalue weighted by Crippen LogP contribution is 2.21. The maximum atomic E-state index is 8.82. The highest BCUT2D eigenvalue weighted by atomic mass is 16.5. The Bertz CT molecular complexity index is 1080. The smallest absolute Gasteiger partial charge is 0.173 e. The first-order valence-corrected chi connectivity index (χ1v) is 11.6. The van der Waals surface area contributed by atoms with Crippen molar-refractivity contribution in [2.45, 2.75) is 25.7 Å². The molecular weight excluding hydrogens is 428 g/mol. The average Bonchev–Trinajstić information content (AvgIpc) is 3.41. The van der Waals surface area contributed by atoms with Crippen molar-refractivity contribution in [1.29, 1.82) is 0 Å². The topological polar surface area (TPSA) is 96.2 Å². The molecule has 0 radical (unpaired) electrons. The van der Waals surface area contributed by atoms with Crippen LogP contribution in [-0.4, -0.2) is 48.3 Å². The summed E-state index contributed by atoms with van der Waals surface area (Å²) in [6.07, 6.45) is 7.18. The van der Waals surface area contributed by atoms with Gasteiger partial charge < -0.3 is 24.5 Å². The van der Waals surface area contributed by atoms with Crippen LogP contribution in [0.1, 0.15) is 17.5 Å². The van der Waals surface area contributed by atoms with E-state index in [-0.39, 0.29) is 12.9 Å². The molecule has 178 valence electrons. The van der Waals surface area contributed by atoms with Crippen LogP contribution in [0.25, 0.3) is 11.3 Å². The molecule has 0 fully saturated rings. The second kappa shape index (κ2) is 12.2. The van der Waals surface area contributed by atoms with Gasteiger partial charge >= 0.3 is 0 Å². The van der Waals surface area contributed by atoms with Gasteiger partial charge in [0.15, 0.2) is 6.29 Å². The van der Waals surface area contributed by atoms with Crippen LogP contribution in [0.4, 0.5) is 0 Å². The number of nitrogens with two attached hydrogens (primary N) is 1. The standard InChI is InChI=1S/C27H32N4O3/c28-27-30-24(9-6-21-3-1-4-23(19-21)26-5-2-17-34-26)12-14-31(27)15-13-29-20-22-7-10-25(11-8-22)33-18-16-32/h1-5,7-8,10-12,14,17,19,27,29,32H,6,9,13,15-16,18,20,28H2. The molecule has 4 N–H and O–H groups in total. The molecule has 1 aliphatic heterocycles. The average molecular weight is 461 g/mol. The van der Waals surface area contributed by atoms with E-state index >= 15 is 0 Å². The number of aliphatic hydroxyl groups is 1. The lowest BCUT2D eigenvalue weighted by atomic mass is 10.0. The molecule has 2 aromatic carbocycles. The lowest BCUT2D eigenvalue weighted by Gasteiger charge is -2.28. The number of hydrogen-bond donors (Lipinski definition) is 3. The normalized spacial score (nSPS) is 15.4. The Kier molecular flexibility index (Phi) is 8.51. The van der Waals surface area contributed by atoms with Crippen molar-refractivity contribution >= 4 is 5.71 Å². The molecule has 1 unspecified atom stereocenters. The van der Waals surface area contributed by atoms with Crippen LogP contribution in [-0.2, 0) is 13.0 Å². The van der Waals surface area contributed by atoms with E-state index in [0.29, 0.717) is 6.61 Å². The van der Waals surface area contributed by atoms with Gasteiger partial charge in [0, 0.05) is 37.1 Å². The number of aliphatic hydroxyl groups excluding tert-OH is 1. The van der Waals surface area contributed by atoms with Crippen LogP contribution in [0.2, 0.25) is 0 Å². The summed E-state index contributed by atoms with van der Waals surface area (Å²) in [5, 5.41) is 12.3. The molecule has 0 saturated heterocycles. The second-order valence-electron chi connectivity index (χ2n) is 8.16. The van der Waals surface area contributed by atoms with Crippen molar-refractivity contribution in [2.24, 2.45) is 10.7 Å². The minimum atomic E-state index is -0.362. The number of nitrogens with zero attached hydrogens (tertiary/aromatic N) is 2. The quantitative estimate of drug-likeness (QED) is 0.358. The molecule has 7 nitrogen and oxygen atoms in total. The first-order valence-electron chi connectivity index (χ1n) is 11.6. The van der Waals surface area contributed by atoms with E-state index in [9.17, 15) is 0 Å². The van der Waals surface area contributed by atoms with Gasteiger partial charge in [0.05, 0.1) is 12.9 Å². The number of ether oxygens (including phenoxy) is 1. The molecule has 0 bridgehead atoms. The van der Waals surface area contributed by atoms with Gasteiger partial charge in [-0.05, 0) is 60.4 Å². The lowest BCUT2D eigenvalue weighted by molar-refractivity contribution is 0.201. The van der Waals surface area contributed by atoms with Crippen molar-refractivity contribution in [1.82, 2.24) is 10.2 Å². The van der Waals surface area contributed by atoms with Crippen molar-refractivity contribution in [3.8, 4) is 17.1 Å². The molecule has 7 heteroatoms. The van der Waals surface area contributed by atoms with E-state index in [1.54, 1.807) is 6.26 Å². The van der Waals surface area contributed by atoms with Crippen LogP contribution in [0, 0.1) is 0 Å². The molecule has 1 aliphatic rings. The van der Waals surface area contributed by atoms with Crippen molar-refractivity contribution in [2.75, 3.05) is 26.3 Å². The van der Waals surface area contributed by atoms with E-state index < -0.39 is 0 Å². The van der Waals surface area contributed by atoms with E-state index in [2.05, 4.69) is 40.7 Å². The number of aryl methyl sites for hydroxylation is 1. The predicted molar refractivity (Wildman–Crippen MR) is 134 cm³/mol. The Hall–Kier alpha value is -3.39. The maximum Gasteiger partial charge on any atom is 0.173 e. The summed E-state index contributed by atoms with van der Waals surface area (Å²) in [6.45, 7) is 2.66. The van der Waals surface area contributed by atoms with Crippen LogP contribution >= 0.6 is 0 Å². The van der Waals surface area contributed by atoms with Crippen LogP contribution in [0.15, 0.2) is 88.6 Å². The summed E-state index contributed by atoms with van der Waals surface area (Å²) in [5.41, 5.74) is 10.8. The van der Waals surface area contributed by atoms with Crippen molar-refractivity contribution in [3.63, 3.8) is 0 Å². The molecule has 34 heavy (non-hydrogen) atoms. The van der Waals surface area contributed by atoms with Gasteiger partial charge in [-0.1, -0.05) is 30.3 Å². The molecule has 0 spiro atoms. The predicted octanol–water partition coefficient (Wildman–Crippen LogP) is 3.55. The Morgan fingerprint density at radius 2 is 1.94 bits per heavy atom. The third-order valence-corrected chi connectivity index (χ3v) is 5.66.